The van der Waals surface area contributed by atoms with Gasteiger partial charge in [-0.05, 0) is 36.4 Å². The van der Waals surface area contributed by atoms with E-state index in [1.165, 1.54) is 50.6 Å². The van der Waals surface area contributed by atoms with Gasteiger partial charge in [0.25, 0.3) is 5.76 Å². The molecule has 1 heterocycles. The molecule has 3 aromatic carbocycles. The zero-order valence-corrected chi connectivity index (χ0v) is 19.4. The molecule has 7 nitrogen and oxygen atoms in total. The number of esters is 1. The smallest absolute Gasteiger partial charge is 0.453 e. The molecule has 0 unspecified atom stereocenters. The third-order valence-electron chi connectivity index (χ3n) is 4.93. The summed E-state index contributed by atoms with van der Waals surface area (Å²) >= 11 is 5.97. The van der Waals surface area contributed by atoms with Gasteiger partial charge in [0.1, 0.15) is 28.6 Å². The van der Waals surface area contributed by atoms with Crippen LogP contribution < -0.4 is 24.4 Å². The highest BCUT2D eigenvalue weighted by atomic mass is 35.5. The van der Waals surface area contributed by atoms with Crippen LogP contribution in [0.25, 0.3) is 11.0 Å². The molecule has 0 radical (unpaired) electrons. The summed E-state index contributed by atoms with van der Waals surface area (Å²) in [6.07, 6.45) is -5.08. The summed E-state index contributed by atoms with van der Waals surface area (Å²) in [4.78, 5) is 25.6. The minimum atomic E-state index is -5.08. The maximum Gasteiger partial charge on any atom is 0.453 e. The molecule has 36 heavy (non-hydrogen) atoms. The molecule has 0 bridgehead atoms. The Labute approximate surface area is 206 Å². The van der Waals surface area contributed by atoms with Gasteiger partial charge in [-0.2, -0.15) is 13.2 Å². The molecule has 0 N–H and O–H groups in total. The number of benzene rings is 3. The highest BCUT2D eigenvalue weighted by Crippen LogP contribution is 2.40. The van der Waals surface area contributed by atoms with Crippen molar-refractivity contribution in [1.29, 1.82) is 0 Å². The molecule has 186 valence electrons. The van der Waals surface area contributed by atoms with Gasteiger partial charge >= 0.3 is 12.1 Å². The highest BCUT2D eigenvalue weighted by Gasteiger charge is 2.40. The fourth-order valence-electron chi connectivity index (χ4n) is 3.23. The van der Waals surface area contributed by atoms with Crippen LogP contribution in [-0.4, -0.2) is 20.2 Å². The third kappa shape index (κ3) is 5.08. The van der Waals surface area contributed by atoms with E-state index in [-0.39, 0.29) is 27.5 Å². The fraction of sp³-hybridized carbons (Fsp3) is 0.120. The van der Waals surface area contributed by atoms with Gasteiger partial charge in [-0.1, -0.05) is 23.7 Å². The Bertz CT molecular complexity index is 1490. The lowest BCUT2D eigenvalue weighted by Gasteiger charge is -2.14. The fourth-order valence-corrected chi connectivity index (χ4v) is 3.40. The van der Waals surface area contributed by atoms with Crippen LogP contribution in [0, 0.1) is 0 Å². The van der Waals surface area contributed by atoms with Gasteiger partial charge in [0, 0.05) is 12.1 Å². The minimum Gasteiger partial charge on any atom is -0.497 e. The molecular formula is C25H16ClF3O7. The summed E-state index contributed by atoms with van der Waals surface area (Å²) in [6.45, 7) is 0. The van der Waals surface area contributed by atoms with E-state index in [1.807, 2.05) is 0 Å². The van der Waals surface area contributed by atoms with Crippen LogP contribution in [0.15, 0.2) is 69.9 Å². The molecule has 1 aromatic heterocycles. The van der Waals surface area contributed by atoms with E-state index in [4.69, 9.17) is 35.0 Å². The third-order valence-corrected chi connectivity index (χ3v) is 5.24. The van der Waals surface area contributed by atoms with Crippen LogP contribution in [0.3, 0.4) is 0 Å². The van der Waals surface area contributed by atoms with E-state index in [1.54, 1.807) is 12.1 Å². The Balaban J connectivity index is 1.74. The number of carbonyl (C=O) groups is 1. The van der Waals surface area contributed by atoms with E-state index in [0.717, 1.165) is 12.1 Å². The number of methoxy groups -OCH3 is 2. The Morgan fingerprint density at radius 3 is 2.19 bits per heavy atom. The Morgan fingerprint density at radius 2 is 1.58 bits per heavy atom. The molecule has 11 heteroatoms. The quantitative estimate of drug-likeness (QED) is 0.212. The second-order valence-electron chi connectivity index (χ2n) is 7.27. The highest BCUT2D eigenvalue weighted by molar-refractivity contribution is 6.32. The van der Waals surface area contributed by atoms with Gasteiger partial charge in [-0.3, -0.25) is 4.79 Å². The Hall–Kier alpha value is -4.18. The summed E-state index contributed by atoms with van der Waals surface area (Å²) in [6, 6.07) is 13.5. The Kier molecular flexibility index (Phi) is 6.80. The SMILES string of the molecule is COc1cc(OC)cc(C(=O)Oc2ccc3c(=O)c(Oc4ccccc4Cl)c(C(F)(F)F)oc3c2)c1. The number of para-hydroxylation sites is 1. The summed E-state index contributed by atoms with van der Waals surface area (Å²) in [5, 5.41) is -0.227. The molecule has 4 aromatic rings. The molecule has 0 saturated heterocycles. The number of carbonyl (C=O) groups excluding carboxylic acids is 1. The predicted molar refractivity (Wildman–Crippen MR) is 124 cm³/mol. The van der Waals surface area contributed by atoms with E-state index >= 15 is 0 Å². The zero-order chi connectivity index (χ0) is 26.0. The van der Waals surface area contributed by atoms with Crippen molar-refractivity contribution in [1.82, 2.24) is 0 Å². The average Bonchev–Trinajstić information content (AvgIpc) is 2.85. The molecule has 0 spiro atoms. The molecule has 0 atom stereocenters. The Morgan fingerprint density at radius 1 is 0.917 bits per heavy atom. The van der Waals surface area contributed by atoms with Gasteiger partial charge in [-0.25, -0.2) is 4.79 Å². The van der Waals surface area contributed by atoms with E-state index < -0.39 is 34.7 Å². The molecule has 4 rings (SSSR count). The number of rotatable bonds is 6. The first-order chi connectivity index (χ1) is 17.1. The number of ether oxygens (including phenoxy) is 4. The van der Waals surface area contributed by atoms with Gasteiger partial charge in [0.2, 0.25) is 11.2 Å². The number of fused-ring (bicyclic) bond motifs is 1. The summed E-state index contributed by atoms with van der Waals surface area (Å²) in [5.41, 5.74) is -1.49. The minimum absolute atomic E-state index is 0.00144. The number of hydrogen-bond acceptors (Lipinski definition) is 7. The maximum atomic E-state index is 13.8. The lowest BCUT2D eigenvalue weighted by Crippen LogP contribution is -2.16. The van der Waals surface area contributed by atoms with Crippen LogP contribution in [0.2, 0.25) is 5.02 Å². The molecule has 0 aliphatic rings. The molecule has 0 amide bonds. The summed E-state index contributed by atoms with van der Waals surface area (Å²) in [5.74, 6) is -3.25. The second kappa shape index (κ2) is 9.82. The van der Waals surface area contributed by atoms with Crippen molar-refractivity contribution >= 4 is 28.5 Å². The van der Waals surface area contributed by atoms with Gasteiger partial charge in [0.05, 0.1) is 30.2 Å². The van der Waals surface area contributed by atoms with Gasteiger partial charge < -0.3 is 23.4 Å². The first-order valence-corrected chi connectivity index (χ1v) is 10.5. The lowest BCUT2D eigenvalue weighted by molar-refractivity contribution is -0.154. The van der Waals surface area contributed by atoms with Crippen LogP contribution in [0.1, 0.15) is 16.1 Å². The maximum absolute atomic E-state index is 13.8. The number of alkyl halides is 3. The largest absolute Gasteiger partial charge is 0.497 e. The molecular weight excluding hydrogens is 505 g/mol. The second-order valence-corrected chi connectivity index (χ2v) is 7.68. The summed E-state index contributed by atoms with van der Waals surface area (Å²) in [7, 11) is 2.80. The van der Waals surface area contributed by atoms with Crippen LogP contribution in [-0.2, 0) is 6.18 Å². The van der Waals surface area contributed by atoms with Crippen LogP contribution in [0.4, 0.5) is 13.2 Å². The van der Waals surface area contributed by atoms with E-state index in [9.17, 15) is 22.8 Å². The normalized spacial score (nSPS) is 11.3. The first-order valence-electron chi connectivity index (χ1n) is 10.2. The van der Waals surface area contributed by atoms with Crippen molar-refractivity contribution in [2.24, 2.45) is 0 Å². The van der Waals surface area contributed by atoms with Crippen LogP contribution >= 0.6 is 11.6 Å². The van der Waals surface area contributed by atoms with Crippen molar-refractivity contribution in [3.63, 3.8) is 0 Å². The lowest BCUT2D eigenvalue weighted by atomic mass is 10.2. The van der Waals surface area contributed by atoms with Gasteiger partial charge in [0.15, 0.2) is 0 Å². The van der Waals surface area contributed by atoms with Crippen LogP contribution in [0.5, 0.6) is 28.7 Å². The average molecular weight is 521 g/mol. The standard InChI is InChI=1S/C25H16ClF3O7/c1-32-15-9-13(10-16(11-15)33-2)24(31)34-14-7-8-17-20(12-14)36-23(25(27,28)29)22(21(17)30)35-19-6-4-3-5-18(19)26/h3-12H,1-2H3. The number of halogens is 4. The van der Waals surface area contributed by atoms with Crippen molar-refractivity contribution < 1.29 is 41.3 Å². The van der Waals surface area contributed by atoms with Crippen molar-refractivity contribution in [3.05, 3.63) is 87.2 Å². The predicted octanol–water partition coefficient (Wildman–Crippen LogP) is 6.49. The van der Waals surface area contributed by atoms with Gasteiger partial charge in [-0.15, -0.1) is 0 Å². The van der Waals surface area contributed by atoms with E-state index in [2.05, 4.69) is 0 Å². The topological polar surface area (TPSA) is 84.2 Å². The van der Waals surface area contributed by atoms with Crippen molar-refractivity contribution in [2.75, 3.05) is 14.2 Å². The molecule has 0 saturated carbocycles. The zero-order valence-electron chi connectivity index (χ0n) is 18.6. The molecule has 0 aliphatic carbocycles. The number of hydrogen-bond donors (Lipinski definition) is 0. The summed E-state index contributed by atoms with van der Waals surface area (Å²) < 4.78 is 67.1. The van der Waals surface area contributed by atoms with Crippen molar-refractivity contribution in [2.45, 2.75) is 6.18 Å². The van der Waals surface area contributed by atoms with E-state index in [0.29, 0.717) is 11.5 Å². The monoisotopic (exact) mass is 520 g/mol. The molecule has 0 fully saturated rings. The first kappa shape index (κ1) is 24.9. The van der Waals surface area contributed by atoms with Crippen molar-refractivity contribution in [3.8, 4) is 28.7 Å². The molecule has 0 aliphatic heterocycles.